The summed E-state index contributed by atoms with van der Waals surface area (Å²) >= 11 is 0. The average Bonchev–Trinajstić information content (AvgIpc) is 3.28. The first-order valence-corrected chi connectivity index (χ1v) is 13.3. The molecule has 6 rings (SSSR count). The molecule has 0 bridgehead atoms. The Morgan fingerprint density at radius 3 is 2.70 bits per heavy atom. The Labute approximate surface area is 216 Å². The molecule has 0 amide bonds. The van der Waals surface area contributed by atoms with Gasteiger partial charge in [0.1, 0.15) is 17.7 Å². The van der Waals surface area contributed by atoms with Crippen LogP contribution in [0.3, 0.4) is 0 Å². The van der Waals surface area contributed by atoms with Crippen LogP contribution in [0.25, 0.3) is 27.8 Å². The third-order valence-corrected chi connectivity index (χ3v) is 8.51. The quantitative estimate of drug-likeness (QED) is 0.356. The lowest BCUT2D eigenvalue weighted by Crippen LogP contribution is -2.47. The van der Waals surface area contributed by atoms with Crippen molar-refractivity contribution < 1.29 is 13.5 Å². The molecule has 1 N–H and O–H groups in total. The maximum Gasteiger partial charge on any atom is 0.271 e. The first-order valence-electron chi connectivity index (χ1n) is 13.3. The van der Waals surface area contributed by atoms with Crippen molar-refractivity contribution in [2.24, 2.45) is 13.0 Å². The normalized spacial score (nSPS) is 20.6. The van der Waals surface area contributed by atoms with Gasteiger partial charge in [-0.25, -0.2) is 8.96 Å². The molecule has 2 fully saturated rings. The van der Waals surface area contributed by atoms with Crippen molar-refractivity contribution in [3.05, 3.63) is 75.9 Å². The smallest absolute Gasteiger partial charge is 0.271 e. The van der Waals surface area contributed by atoms with Crippen LogP contribution in [0.1, 0.15) is 68.6 Å². The van der Waals surface area contributed by atoms with Gasteiger partial charge in [0.25, 0.3) is 6.33 Å². The molecule has 4 aromatic rings. The van der Waals surface area contributed by atoms with Crippen molar-refractivity contribution in [2.45, 2.75) is 70.9 Å². The molecule has 7 heteroatoms. The fraction of sp³-hybridized carbons (Fsp3) is 0.433. The molecule has 0 atom stereocenters. The van der Waals surface area contributed by atoms with Crippen LogP contribution in [0.2, 0.25) is 0 Å². The number of benzene rings is 2. The predicted molar refractivity (Wildman–Crippen MR) is 141 cm³/mol. The highest BCUT2D eigenvalue weighted by Gasteiger charge is 2.32. The van der Waals surface area contributed by atoms with Crippen LogP contribution >= 0.6 is 0 Å². The molecule has 192 valence electrons. The van der Waals surface area contributed by atoms with Crippen molar-refractivity contribution in [1.29, 1.82) is 0 Å². The molecule has 2 saturated carbocycles. The SMILES string of the molecule is Cc1c(F)c(CNC2(C)CCC2)cc2c(=O)c(-c3ccc(-[n+]4cn(C)cn4)c([C@H]4C[C@H](C)C4)c3)coc12. The number of rotatable bonds is 6. The minimum absolute atomic E-state index is 0.0462. The fourth-order valence-corrected chi connectivity index (χ4v) is 5.91. The molecule has 6 nitrogen and oxygen atoms in total. The zero-order valence-electron chi connectivity index (χ0n) is 22.0. The number of nitrogens with zero attached hydrogens (tertiary/aromatic N) is 3. The predicted octanol–water partition coefficient (Wildman–Crippen LogP) is 5.46. The van der Waals surface area contributed by atoms with E-state index in [1.807, 2.05) is 34.8 Å². The van der Waals surface area contributed by atoms with E-state index < -0.39 is 0 Å². The Hall–Kier alpha value is -3.32. The van der Waals surface area contributed by atoms with Gasteiger partial charge in [-0.15, -0.1) is 4.68 Å². The van der Waals surface area contributed by atoms with Gasteiger partial charge in [0.2, 0.25) is 11.8 Å². The summed E-state index contributed by atoms with van der Waals surface area (Å²) < 4.78 is 24.9. The lowest BCUT2D eigenvalue weighted by Gasteiger charge is -2.39. The van der Waals surface area contributed by atoms with Gasteiger partial charge in [-0.1, -0.05) is 6.92 Å². The highest BCUT2D eigenvalue weighted by Crippen LogP contribution is 2.43. The standard InChI is InChI=1S/C30H34FN4O2/c1-18-10-21(11-18)23-12-20(6-7-26(23)35-17-34(4)16-33-35)25-15-37-29-19(2)27(31)22(13-24(29)28(25)36)14-32-30(3)8-5-9-30/h6-7,12-13,15-18,21,32H,5,8-11,14H2,1-4H3/q+1/t18-,21-. The van der Waals surface area contributed by atoms with Crippen LogP contribution in [0.5, 0.6) is 0 Å². The van der Waals surface area contributed by atoms with Gasteiger partial charge in [0, 0.05) is 28.8 Å². The third kappa shape index (κ3) is 4.19. The van der Waals surface area contributed by atoms with E-state index in [2.05, 4.69) is 30.3 Å². The van der Waals surface area contributed by atoms with Gasteiger partial charge in [-0.2, -0.15) is 0 Å². The van der Waals surface area contributed by atoms with E-state index in [-0.39, 0.29) is 16.8 Å². The van der Waals surface area contributed by atoms with Crippen LogP contribution < -0.4 is 15.4 Å². The van der Waals surface area contributed by atoms with Gasteiger partial charge >= 0.3 is 0 Å². The average molecular weight is 502 g/mol. The van der Waals surface area contributed by atoms with Crippen molar-refractivity contribution in [1.82, 2.24) is 15.0 Å². The molecule has 2 aliphatic carbocycles. The summed E-state index contributed by atoms with van der Waals surface area (Å²) in [5, 5.41) is 8.41. The molecule has 2 aromatic carbocycles. The Morgan fingerprint density at radius 1 is 1.27 bits per heavy atom. The Balaban J connectivity index is 1.43. The van der Waals surface area contributed by atoms with E-state index >= 15 is 4.39 Å². The second kappa shape index (κ2) is 8.91. The first kappa shape index (κ1) is 24.0. The van der Waals surface area contributed by atoms with Crippen molar-refractivity contribution >= 4 is 11.0 Å². The monoisotopic (exact) mass is 501 g/mol. The Morgan fingerprint density at radius 2 is 2.05 bits per heavy atom. The number of hydrogen-bond acceptors (Lipinski definition) is 4. The van der Waals surface area contributed by atoms with Crippen LogP contribution in [0, 0.1) is 18.7 Å². The van der Waals surface area contributed by atoms with Gasteiger partial charge in [0.05, 0.1) is 18.0 Å². The minimum atomic E-state index is -0.308. The number of halogens is 1. The van der Waals surface area contributed by atoms with Crippen molar-refractivity contribution in [2.75, 3.05) is 0 Å². The molecule has 0 aliphatic heterocycles. The lowest BCUT2D eigenvalue weighted by atomic mass is 9.71. The second-order valence-electron chi connectivity index (χ2n) is 11.5. The van der Waals surface area contributed by atoms with Crippen molar-refractivity contribution in [3.8, 4) is 16.8 Å². The lowest BCUT2D eigenvalue weighted by molar-refractivity contribution is -0.658. The third-order valence-electron chi connectivity index (χ3n) is 8.51. The summed E-state index contributed by atoms with van der Waals surface area (Å²) in [6.07, 6.45) is 10.8. The van der Waals surface area contributed by atoms with Crippen LogP contribution in [0.4, 0.5) is 4.39 Å². The molecular formula is C30H34FN4O2+. The van der Waals surface area contributed by atoms with Gasteiger partial charge in [-0.05, 0) is 92.7 Å². The number of aromatic nitrogens is 3. The van der Waals surface area contributed by atoms with E-state index in [0.717, 1.165) is 36.9 Å². The highest BCUT2D eigenvalue weighted by atomic mass is 19.1. The second-order valence-corrected chi connectivity index (χ2v) is 11.5. The van der Waals surface area contributed by atoms with E-state index in [4.69, 9.17) is 4.42 Å². The van der Waals surface area contributed by atoms with Crippen molar-refractivity contribution in [3.63, 3.8) is 0 Å². The summed E-state index contributed by atoms with van der Waals surface area (Å²) in [5.41, 5.74) is 4.64. The fourth-order valence-electron chi connectivity index (χ4n) is 5.91. The Kier molecular flexibility index (Phi) is 5.79. The number of nitrogens with one attached hydrogen (secondary N) is 1. The summed E-state index contributed by atoms with van der Waals surface area (Å²) in [6.45, 7) is 6.51. The van der Waals surface area contributed by atoms with Gasteiger partial charge < -0.3 is 9.73 Å². The zero-order chi connectivity index (χ0) is 25.9. The summed E-state index contributed by atoms with van der Waals surface area (Å²) in [7, 11) is 1.95. The van der Waals surface area contributed by atoms with E-state index in [1.54, 1.807) is 19.3 Å². The van der Waals surface area contributed by atoms with Gasteiger partial charge in [-0.3, -0.25) is 4.79 Å². The minimum Gasteiger partial charge on any atom is -0.463 e. The largest absolute Gasteiger partial charge is 0.463 e. The highest BCUT2D eigenvalue weighted by molar-refractivity contribution is 5.85. The maximum absolute atomic E-state index is 15.2. The molecule has 0 saturated heterocycles. The van der Waals surface area contributed by atoms with E-state index in [0.29, 0.717) is 46.0 Å². The number of fused-ring (bicyclic) bond motifs is 1. The molecule has 2 aromatic heterocycles. The molecular weight excluding hydrogens is 467 g/mol. The summed E-state index contributed by atoms with van der Waals surface area (Å²) in [6, 6.07) is 7.78. The zero-order valence-corrected chi connectivity index (χ0v) is 22.0. The topological polar surface area (TPSA) is 63.9 Å². The summed E-state index contributed by atoms with van der Waals surface area (Å²) in [4.78, 5) is 13.8. The Bertz CT molecular complexity index is 1560. The molecule has 2 aliphatic rings. The molecule has 0 radical (unpaired) electrons. The van der Waals surface area contributed by atoms with E-state index in [9.17, 15) is 4.79 Å². The molecule has 0 unspecified atom stereocenters. The van der Waals surface area contributed by atoms with Gasteiger partial charge in [0.15, 0.2) is 5.69 Å². The first-order chi connectivity index (χ1) is 17.7. The van der Waals surface area contributed by atoms with Crippen LogP contribution in [0.15, 0.2) is 52.4 Å². The molecule has 37 heavy (non-hydrogen) atoms. The maximum atomic E-state index is 15.2. The number of hydrogen-bond donors (Lipinski definition) is 1. The molecule has 0 spiro atoms. The summed E-state index contributed by atoms with van der Waals surface area (Å²) in [5.74, 6) is 0.805. The number of aryl methyl sites for hydroxylation is 2. The van der Waals surface area contributed by atoms with Crippen LogP contribution in [-0.2, 0) is 13.6 Å². The van der Waals surface area contributed by atoms with Crippen LogP contribution in [-0.4, -0.2) is 15.2 Å². The van der Waals surface area contributed by atoms with E-state index in [1.165, 1.54) is 18.2 Å². The molecule has 2 heterocycles.